The number of aliphatic carboxylic acids is 1. The van der Waals surface area contributed by atoms with Crippen LogP contribution in [0.15, 0.2) is 66.4 Å². The van der Waals surface area contributed by atoms with Crippen LogP contribution in [0.2, 0.25) is 0 Å². The third-order valence-corrected chi connectivity index (χ3v) is 5.62. The molecule has 1 fully saturated rings. The van der Waals surface area contributed by atoms with E-state index in [0.717, 1.165) is 5.39 Å². The molecular formula is C24H21N3O4S. The van der Waals surface area contributed by atoms with Crippen LogP contribution in [-0.2, 0) is 20.9 Å². The molecule has 0 saturated carbocycles. The molecule has 32 heavy (non-hydrogen) atoms. The van der Waals surface area contributed by atoms with E-state index in [0.29, 0.717) is 29.7 Å². The van der Waals surface area contributed by atoms with Crippen molar-refractivity contribution in [2.75, 3.05) is 11.4 Å². The molecule has 0 radical (unpaired) electrons. The molecule has 1 aliphatic rings. The fraction of sp³-hybridized carbons (Fsp3) is 0.167. The fourth-order valence-electron chi connectivity index (χ4n) is 3.82. The van der Waals surface area contributed by atoms with Gasteiger partial charge < -0.3 is 9.67 Å². The molecule has 4 rings (SSSR count). The maximum absolute atomic E-state index is 13.4. The Morgan fingerprint density at radius 2 is 1.72 bits per heavy atom. The highest BCUT2D eigenvalue weighted by Crippen LogP contribution is 2.29. The number of hydrogen-bond acceptors (Lipinski definition) is 4. The highest BCUT2D eigenvalue weighted by Gasteiger charge is 2.40. The summed E-state index contributed by atoms with van der Waals surface area (Å²) >= 11 is 5.51. The second-order valence-electron chi connectivity index (χ2n) is 7.40. The number of fused-ring (bicyclic) bond motifs is 1. The van der Waals surface area contributed by atoms with Crippen molar-refractivity contribution in [2.45, 2.75) is 19.9 Å². The van der Waals surface area contributed by atoms with Gasteiger partial charge in [0.25, 0.3) is 11.8 Å². The molecular weight excluding hydrogens is 426 g/mol. The lowest BCUT2D eigenvalue weighted by molar-refractivity contribution is -0.137. The number of rotatable bonds is 6. The minimum Gasteiger partial charge on any atom is -0.480 e. The Labute approximate surface area is 190 Å². The van der Waals surface area contributed by atoms with Crippen molar-refractivity contribution in [3.05, 3.63) is 71.9 Å². The van der Waals surface area contributed by atoms with E-state index in [9.17, 15) is 19.5 Å². The first-order valence-corrected chi connectivity index (χ1v) is 10.6. The van der Waals surface area contributed by atoms with Gasteiger partial charge in [0.1, 0.15) is 12.1 Å². The Hall–Kier alpha value is -3.78. The predicted octanol–water partition coefficient (Wildman–Crippen LogP) is 3.68. The van der Waals surface area contributed by atoms with Gasteiger partial charge in [0.2, 0.25) is 0 Å². The van der Waals surface area contributed by atoms with Crippen LogP contribution in [0, 0.1) is 0 Å². The molecule has 0 bridgehead atoms. The monoisotopic (exact) mass is 447 g/mol. The van der Waals surface area contributed by atoms with Crippen molar-refractivity contribution in [2.24, 2.45) is 0 Å². The minimum atomic E-state index is -0.982. The van der Waals surface area contributed by atoms with Crippen molar-refractivity contribution in [3.8, 4) is 0 Å². The first kappa shape index (κ1) is 21.5. The van der Waals surface area contributed by atoms with Gasteiger partial charge in [-0.2, -0.15) is 0 Å². The van der Waals surface area contributed by atoms with Crippen LogP contribution in [0.3, 0.4) is 0 Å². The average Bonchev–Trinajstić information content (AvgIpc) is 3.12. The van der Waals surface area contributed by atoms with E-state index >= 15 is 0 Å². The molecule has 1 aromatic heterocycles. The van der Waals surface area contributed by atoms with Crippen LogP contribution in [0.25, 0.3) is 17.0 Å². The van der Waals surface area contributed by atoms with Crippen molar-refractivity contribution >= 4 is 57.8 Å². The average molecular weight is 448 g/mol. The number of aromatic nitrogens is 1. The molecule has 3 aromatic rings. The number of carboxylic acid groups (broad SMARTS) is 1. The summed E-state index contributed by atoms with van der Waals surface area (Å²) in [6, 6.07) is 16.2. The molecule has 0 atom stereocenters. The van der Waals surface area contributed by atoms with E-state index in [2.05, 4.69) is 0 Å². The number of carbonyl (C=O) groups excluding carboxylic acids is 2. The van der Waals surface area contributed by atoms with Gasteiger partial charge in [-0.05, 0) is 42.9 Å². The number of carbonyl (C=O) groups is 3. The maximum atomic E-state index is 13.4. The summed E-state index contributed by atoms with van der Waals surface area (Å²) in [4.78, 5) is 40.8. The summed E-state index contributed by atoms with van der Waals surface area (Å²) in [5.74, 6) is -1.94. The normalized spacial score (nSPS) is 15.8. The third kappa shape index (κ3) is 3.80. The fourth-order valence-corrected chi connectivity index (χ4v) is 4.19. The number of para-hydroxylation sites is 2. The van der Waals surface area contributed by atoms with E-state index in [1.165, 1.54) is 15.9 Å². The maximum Gasteiger partial charge on any atom is 0.323 e. The summed E-state index contributed by atoms with van der Waals surface area (Å²) in [6.45, 7) is 2.09. The van der Waals surface area contributed by atoms with Crippen molar-refractivity contribution < 1.29 is 19.5 Å². The molecule has 0 unspecified atom stereocenters. The Kier molecular flexibility index (Phi) is 5.87. The number of carboxylic acids is 1. The molecule has 1 aliphatic heterocycles. The van der Waals surface area contributed by atoms with Crippen molar-refractivity contribution in [1.82, 2.24) is 9.47 Å². The van der Waals surface area contributed by atoms with Crippen LogP contribution in [0.4, 0.5) is 5.69 Å². The number of thiocarbonyl (C=S) groups is 1. The number of hydrogen-bond donors (Lipinski definition) is 1. The van der Waals surface area contributed by atoms with Gasteiger partial charge in [0.15, 0.2) is 5.11 Å². The first-order chi connectivity index (χ1) is 15.4. The molecule has 2 amide bonds. The van der Waals surface area contributed by atoms with Crippen LogP contribution in [-0.4, -0.2) is 44.0 Å². The Bertz CT molecular complexity index is 1260. The highest BCUT2D eigenvalue weighted by molar-refractivity contribution is 7.80. The van der Waals surface area contributed by atoms with Crippen LogP contribution < -0.4 is 4.90 Å². The SMILES string of the molecule is CCCN1C(=O)/C(=C\c2cn(CC(=O)O)c3ccccc23)C(=O)N(c2ccccc2)C1=S. The second-order valence-corrected chi connectivity index (χ2v) is 7.76. The molecule has 2 aromatic carbocycles. The van der Waals surface area contributed by atoms with Crippen LogP contribution in [0.1, 0.15) is 18.9 Å². The Morgan fingerprint density at radius 3 is 2.41 bits per heavy atom. The zero-order valence-corrected chi connectivity index (χ0v) is 18.2. The van der Waals surface area contributed by atoms with Gasteiger partial charge in [0, 0.05) is 29.2 Å². The summed E-state index contributed by atoms with van der Waals surface area (Å²) in [7, 11) is 0. The lowest BCUT2D eigenvalue weighted by Gasteiger charge is -2.36. The van der Waals surface area contributed by atoms with Gasteiger partial charge >= 0.3 is 5.97 Å². The third-order valence-electron chi connectivity index (χ3n) is 5.22. The summed E-state index contributed by atoms with van der Waals surface area (Å²) in [5.41, 5.74) is 1.86. The van der Waals surface area contributed by atoms with Crippen molar-refractivity contribution in [3.63, 3.8) is 0 Å². The van der Waals surface area contributed by atoms with E-state index in [1.54, 1.807) is 41.1 Å². The molecule has 0 spiro atoms. The molecule has 0 aliphatic carbocycles. The number of nitrogens with zero attached hydrogens (tertiary/aromatic N) is 3. The van der Waals surface area contributed by atoms with Crippen LogP contribution >= 0.6 is 12.2 Å². The van der Waals surface area contributed by atoms with Gasteiger partial charge in [-0.25, -0.2) is 0 Å². The standard InChI is InChI=1S/C24H21N3O4S/c1-2-12-26-22(30)19(23(31)27(24(26)32)17-8-4-3-5-9-17)13-16-14-25(15-21(28)29)20-11-7-6-10-18(16)20/h3-11,13-14H,2,12,15H2,1H3,(H,28,29)/b19-13+. The lowest BCUT2D eigenvalue weighted by atomic mass is 10.0. The topological polar surface area (TPSA) is 82.9 Å². The van der Waals surface area contributed by atoms with E-state index < -0.39 is 17.8 Å². The zero-order valence-electron chi connectivity index (χ0n) is 17.4. The van der Waals surface area contributed by atoms with Gasteiger partial charge in [0.05, 0.1) is 5.69 Å². The summed E-state index contributed by atoms with van der Waals surface area (Å²) in [5, 5.41) is 10.2. The largest absolute Gasteiger partial charge is 0.480 e. The summed E-state index contributed by atoms with van der Waals surface area (Å²) < 4.78 is 1.59. The summed E-state index contributed by atoms with van der Waals surface area (Å²) in [6.07, 6.45) is 3.86. The van der Waals surface area contributed by atoms with Gasteiger partial charge in [-0.3, -0.25) is 24.2 Å². The van der Waals surface area contributed by atoms with Crippen molar-refractivity contribution in [1.29, 1.82) is 0 Å². The first-order valence-electron chi connectivity index (χ1n) is 10.2. The molecule has 2 heterocycles. The molecule has 162 valence electrons. The van der Waals surface area contributed by atoms with E-state index in [-0.39, 0.29) is 17.2 Å². The van der Waals surface area contributed by atoms with Crippen LogP contribution in [0.5, 0.6) is 0 Å². The number of benzene rings is 2. The highest BCUT2D eigenvalue weighted by atomic mass is 32.1. The Morgan fingerprint density at radius 1 is 1.03 bits per heavy atom. The van der Waals surface area contributed by atoms with Gasteiger partial charge in [-0.15, -0.1) is 0 Å². The van der Waals surface area contributed by atoms with E-state index in [4.69, 9.17) is 12.2 Å². The predicted molar refractivity (Wildman–Crippen MR) is 126 cm³/mol. The number of anilines is 1. The molecule has 8 heteroatoms. The molecule has 1 saturated heterocycles. The molecule has 7 nitrogen and oxygen atoms in total. The number of amides is 2. The molecule has 1 N–H and O–H groups in total. The van der Waals surface area contributed by atoms with Gasteiger partial charge in [-0.1, -0.05) is 43.3 Å². The lowest BCUT2D eigenvalue weighted by Crippen LogP contribution is -2.56. The quantitative estimate of drug-likeness (QED) is 0.354. The minimum absolute atomic E-state index is 0.0193. The van der Waals surface area contributed by atoms with E-state index in [1.807, 2.05) is 31.2 Å². The second kappa shape index (κ2) is 8.76. The Balaban J connectivity index is 1.86. The zero-order chi connectivity index (χ0) is 22.8. The smallest absolute Gasteiger partial charge is 0.323 e.